The van der Waals surface area contributed by atoms with E-state index in [2.05, 4.69) is 61.2 Å². The lowest BCUT2D eigenvalue weighted by molar-refractivity contribution is -0.133. The zero-order valence-corrected chi connectivity index (χ0v) is 15.9. The maximum atomic E-state index is 13.2. The summed E-state index contributed by atoms with van der Waals surface area (Å²) in [4.78, 5) is 15.4. The predicted octanol–water partition coefficient (Wildman–Crippen LogP) is 5.06. The molecule has 0 aromatic heterocycles. The molecular formula is C24H29NO. The van der Waals surface area contributed by atoms with Gasteiger partial charge in [-0.05, 0) is 61.3 Å². The Kier molecular flexibility index (Phi) is 4.84. The first kappa shape index (κ1) is 17.3. The van der Waals surface area contributed by atoms with E-state index in [-0.39, 0.29) is 5.92 Å². The summed E-state index contributed by atoms with van der Waals surface area (Å²) in [5.41, 5.74) is 5.30. The van der Waals surface area contributed by atoms with Crippen molar-refractivity contribution in [2.45, 2.75) is 58.5 Å². The van der Waals surface area contributed by atoms with Gasteiger partial charge in [0.2, 0.25) is 5.91 Å². The third-order valence-corrected chi connectivity index (χ3v) is 6.53. The number of aryl methyl sites for hydroxylation is 2. The number of fused-ring (bicyclic) bond motifs is 1. The molecule has 0 radical (unpaired) electrons. The lowest BCUT2D eigenvalue weighted by Gasteiger charge is -2.30. The van der Waals surface area contributed by atoms with Crippen molar-refractivity contribution >= 4 is 5.91 Å². The van der Waals surface area contributed by atoms with Crippen LogP contribution in [0, 0.1) is 25.7 Å². The van der Waals surface area contributed by atoms with E-state index in [0.717, 1.165) is 19.4 Å². The minimum absolute atomic E-state index is 0.254. The monoisotopic (exact) mass is 347 g/mol. The largest absolute Gasteiger partial charge is 0.335 e. The molecule has 1 saturated heterocycles. The second-order valence-electron chi connectivity index (χ2n) is 8.20. The maximum Gasteiger partial charge on any atom is 0.226 e. The Balaban J connectivity index is 1.62. The van der Waals surface area contributed by atoms with Gasteiger partial charge in [-0.3, -0.25) is 4.79 Å². The second-order valence-corrected chi connectivity index (χ2v) is 8.20. The smallest absolute Gasteiger partial charge is 0.226 e. The van der Waals surface area contributed by atoms with E-state index in [1.165, 1.54) is 41.5 Å². The van der Waals surface area contributed by atoms with Gasteiger partial charge in [-0.15, -0.1) is 0 Å². The van der Waals surface area contributed by atoms with Crippen LogP contribution in [0.4, 0.5) is 0 Å². The minimum Gasteiger partial charge on any atom is -0.335 e. The molecule has 2 fully saturated rings. The quantitative estimate of drug-likeness (QED) is 0.757. The van der Waals surface area contributed by atoms with Crippen LogP contribution >= 0.6 is 0 Å². The number of carbonyl (C=O) groups excluding carboxylic acids is 1. The molecule has 3 atom stereocenters. The molecule has 2 unspecified atom stereocenters. The average Bonchev–Trinajstić information content (AvgIpc) is 2.92. The van der Waals surface area contributed by atoms with Crippen LogP contribution in [0.5, 0.6) is 0 Å². The summed E-state index contributed by atoms with van der Waals surface area (Å²) in [5, 5.41) is 0. The van der Waals surface area contributed by atoms with E-state index >= 15 is 0 Å². The lowest BCUT2D eigenvalue weighted by Crippen LogP contribution is -2.36. The molecule has 26 heavy (non-hydrogen) atoms. The molecular weight excluding hydrogens is 318 g/mol. The summed E-state index contributed by atoms with van der Waals surface area (Å²) in [5.74, 6) is 1.18. The van der Waals surface area contributed by atoms with Gasteiger partial charge < -0.3 is 4.90 Å². The molecule has 136 valence electrons. The van der Waals surface area contributed by atoms with Gasteiger partial charge in [-0.2, -0.15) is 0 Å². The van der Waals surface area contributed by atoms with Crippen LogP contribution in [0.2, 0.25) is 0 Å². The fraction of sp³-hybridized carbons (Fsp3) is 0.458. The van der Waals surface area contributed by atoms with Gasteiger partial charge in [-0.25, -0.2) is 0 Å². The van der Waals surface area contributed by atoms with Gasteiger partial charge >= 0.3 is 0 Å². The number of hydrogen-bond donors (Lipinski definition) is 0. The van der Waals surface area contributed by atoms with Crippen LogP contribution in [0.25, 0.3) is 0 Å². The van der Waals surface area contributed by atoms with Gasteiger partial charge in [0.15, 0.2) is 0 Å². The van der Waals surface area contributed by atoms with Crippen LogP contribution in [0.3, 0.4) is 0 Å². The van der Waals surface area contributed by atoms with Crippen molar-refractivity contribution in [1.29, 1.82) is 0 Å². The number of carbonyl (C=O) groups is 1. The molecule has 2 aliphatic rings. The Morgan fingerprint density at radius 2 is 1.69 bits per heavy atom. The molecule has 1 amide bonds. The first-order chi connectivity index (χ1) is 12.6. The maximum absolute atomic E-state index is 13.2. The van der Waals surface area contributed by atoms with Crippen molar-refractivity contribution in [3.63, 3.8) is 0 Å². The lowest BCUT2D eigenvalue weighted by atomic mass is 9.77. The summed E-state index contributed by atoms with van der Waals surface area (Å²) >= 11 is 0. The second kappa shape index (κ2) is 7.26. The van der Waals surface area contributed by atoms with E-state index in [1.807, 2.05) is 6.07 Å². The number of hydrogen-bond acceptors (Lipinski definition) is 1. The molecule has 1 saturated carbocycles. The first-order valence-electron chi connectivity index (χ1n) is 10.0. The highest BCUT2D eigenvalue weighted by atomic mass is 16.2. The van der Waals surface area contributed by atoms with E-state index < -0.39 is 0 Å². The molecule has 1 aliphatic carbocycles. The predicted molar refractivity (Wildman–Crippen MR) is 106 cm³/mol. The highest BCUT2D eigenvalue weighted by molar-refractivity contribution is 5.82. The van der Waals surface area contributed by atoms with Crippen molar-refractivity contribution in [3.05, 3.63) is 70.8 Å². The third kappa shape index (κ3) is 3.30. The fourth-order valence-corrected chi connectivity index (χ4v) is 4.94. The zero-order valence-electron chi connectivity index (χ0n) is 15.9. The number of benzene rings is 2. The summed E-state index contributed by atoms with van der Waals surface area (Å²) in [6.07, 6.45) is 5.76. The molecule has 2 nitrogen and oxygen atoms in total. The van der Waals surface area contributed by atoms with Crippen LogP contribution in [-0.4, -0.2) is 16.8 Å². The van der Waals surface area contributed by atoms with Crippen LogP contribution in [0.1, 0.15) is 47.9 Å². The van der Waals surface area contributed by atoms with Crippen molar-refractivity contribution in [2.75, 3.05) is 0 Å². The number of likely N-dealkylation sites (tertiary alicyclic amines) is 1. The Hall–Kier alpha value is -2.09. The SMILES string of the molecule is Cc1ccc(C[C@H]2C3CCCCC3C(=O)N2Cc2ccccc2)cc1C. The van der Waals surface area contributed by atoms with Crippen LogP contribution in [-0.2, 0) is 17.8 Å². The average molecular weight is 348 g/mol. The van der Waals surface area contributed by atoms with Gasteiger partial charge in [0.05, 0.1) is 0 Å². The fourth-order valence-electron chi connectivity index (χ4n) is 4.94. The standard InChI is InChI=1S/C24H29NO/c1-17-12-13-20(14-18(17)2)15-23-21-10-6-7-11-22(21)24(26)25(23)16-19-8-4-3-5-9-19/h3-5,8-9,12-14,21-23H,6-7,10-11,15-16H2,1-2H3/t21?,22?,23-/m0/s1. The Labute approximate surface area is 157 Å². The van der Waals surface area contributed by atoms with Gasteiger partial charge in [-0.1, -0.05) is 61.4 Å². The van der Waals surface area contributed by atoms with Gasteiger partial charge in [0.25, 0.3) is 0 Å². The molecule has 0 bridgehead atoms. The number of amides is 1. The molecule has 2 heteroatoms. The minimum atomic E-state index is 0.254. The van der Waals surface area contributed by atoms with E-state index in [4.69, 9.17) is 0 Å². The van der Waals surface area contributed by atoms with Crippen molar-refractivity contribution in [1.82, 2.24) is 4.90 Å². The van der Waals surface area contributed by atoms with Gasteiger partial charge in [0.1, 0.15) is 0 Å². The van der Waals surface area contributed by atoms with Crippen LogP contribution in [0.15, 0.2) is 48.5 Å². The van der Waals surface area contributed by atoms with Crippen molar-refractivity contribution in [2.24, 2.45) is 11.8 Å². The molecule has 4 rings (SSSR count). The molecule has 0 N–H and O–H groups in total. The Morgan fingerprint density at radius 1 is 0.923 bits per heavy atom. The van der Waals surface area contributed by atoms with E-state index in [1.54, 1.807) is 0 Å². The molecule has 0 spiro atoms. The zero-order chi connectivity index (χ0) is 18.1. The topological polar surface area (TPSA) is 20.3 Å². The van der Waals surface area contributed by atoms with E-state index in [9.17, 15) is 4.79 Å². The van der Waals surface area contributed by atoms with Crippen molar-refractivity contribution < 1.29 is 4.79 Å². The highest BCUT2D eigenvalue weighted by Crippen LogP contribution is 2.43. The summed E-state index contributed by atoms with van der Waals surface area (Å²) in [7, 11) is 0. The Bertz CT molecular complexity index is 782. The molecule has 2 aromatic rings. The van der Waals surface area contributed by atoms with Crippen LogP contribution < -0.4 is 0 Å². The van der Waals surface area contributed by atoms with Gasteiger partial charge in [0, 0.05) is 18.5 Å². The molecule has 1 heterocycles. The Morgan fingerprint density at radius 3 is 2.46 bits per heavy atom. The number of rotatable bonds is 4. The molecule has 1 aliphatic heterocycles. The summed E-state index contributed by atoms with van der Waals surface area (Å²) in [6, 6.07) is 17.6. The number of nitrogens with zero attached hydrogens (tertiary/aromatic N) is 1. The third-order valence-electron chi connectivity index (χ3n) is 6.53. The highest BCUT2D eigenvalue weighted by Gasteiger charge is 2.48. The normalized spacial score (nSPS) is 25.4. The first-order valence-corrected chi connectivity index (χ1v) is 10.0. The van der Waals surface area contributed by atoms with E-state index in [0.29, 0.717) is 17.9 Å². The van der Waals surface area contributed by atoms with Crippen molar-refractivity contribution in [3.8, 4) is 0 Å². The summed E-state index contributed by atoms with van der Waals surface area (Å²) in [6.45, 7) is 5.10. The molecule has 2 aromatic carbocycles. The summed E-state index contributed by atoms with van der Waals surface area (Å²) < 4.78 is 0.